The zero-order valence-corrected chi connectivity index (χ0v) is 12.9. The Labute approximate surface area is 128 Å². The summed E-state index contributed by atoms with van der Waals surface area (Å²) in [5.41, 5.74) is 2.84. The third-order valence-electron chi connectivity index (χ3n) is 3.14. The van der Waals surface area contributed by atoms with E-state index in [1.807, 2.05) is 47.1 Å². The molecule has 0 bridgehead atoms. The highest BCUT2D eigenvalue weighted by Crippen LogP contribution is 2.23. The van der Waals surface area contributed by atoms with E-state index in [2.05, 4.69) is 17.0 Å². The monoisotopic (exact) mass is 299 g/mol. The summed E-state index contributed by atoms with van der Waals surface area (Å²) in [6, 6.07) is 11.9. The van der Waals surface area contributed by atoms with Crippen LogP contribution in [-0.4, -0.2) is 27.5 Å². The molecule has 0 saturated heterocycles. The van der Waals surface area contributed by atoms with Gasteiger partial charge in [0.15, 0.2) is 5.65 Å². The van der Waals surface area contributed by atoms with Crippen molar-refractivity contribution in [1.29, 1.82) is 0 Å². The number of nitrogens with zero attached hydrogens (tertiary/aromatic N) is 3. The molecule has 4 nitrogen and oxygen atoms in total. The van der Waals surface area contributed by atoms with Crippen molar-refractivity contribution < 1.29 is 4.74 Å². The Hall–Kier alpha value is -2.01. The summed E-state index contributed by atoms with van der Waals surface area (Å²) in [5.74, 6) is 1.93. The van der Waals surface area contributed by atoms with Crippen LogP contribution in [0.1, 0.15) is 13.3 Å². The molecule has 0 radical (unpaired) electrons. The van der Waals surface area contributed by atoms with Crippen molar-refractivity contribution in [2.45, 2.75) is 18.4 Å². The standard InChI is InChI=1S/C16H17N3OS/c1-3-10-21-16-9-8-15-17-14(11-19(15)18-16)12-4-6-13(20-2)7-5-12/h4-9,11H,3,10H2,1-2H3. The first-order chi connectivity index (χ1) is 10.3. The molecular formula is C16H17N3OS. The van der Waals surface area contributed by atoms with Crippen molar-refractivity contribution in [2.24, 2.45) is 0 Å². The molecule has 0 amide bonds. The molecule has 21 heavy (non-hydrogen) atoms. The fourth-order valence-corrected chi connectivity index (χ4v) is 2.77. The van der Waals surface area contributed by atoms with Crippen LogP contribution in [0, 0.1) is 0 Å². The second-order valence-corrected chi connectivity index (χ2v) is 5.79. The molecule has 0 aliphatic rings. The van der Waals surface area contributed by atoms with Gasteiger partial charge in [0.1, 0.15) is 10.8 Å². The van der Waals surface area contributed by atoms with Crippen LogP contribution < -0.4 is 4.74 Å². The molecule has 0 atom stereocenters. The van der Waals surface area contributed by atoms with Gasteiger partial charge in [-0.15, -0.1) is 11.8 Å². The number of aromatic nitrogens is 3. The summed E-state index contributed by atoms with van der Waals surface area (Å²) in [6.07, 6.45) is 3.11. The fraction of sp³-hybridized carbons (Fsp3) is 0.250. The molecule has 108 valence electrons. The highest BCUT2D eigenvalue weighted by atomic mass is 32.2. The van der Waals surface area contributed by atoms with Crippen molar-refractivity contribution in [1.82, 2.24) is 14.6 Å². The third-order valence-corrected chi connectivity index (χ3v) is 4.26. The highest BCUT2D eigenvalue weighted by Gasteiger charge is 2.06. The van der Waals surface area contributed by atoms with Crippen LogP contribution >= 0.6 is 11.8 Å². The lowest BCUT2D eigenvalue weighted by atomic mass is 10.2. The summed E-state index contributed by atoms with van der Waals surface area (Å²) < 4.78 is 7.02. The molecule has 3 rings (SSSR count). The predicted octanol–water partition coefficient (Wildman–Crippen LogP) is 3.91. The van der Waals surface area contributed by atoms with Crippen LogP contribution in [0.2, 0.25) is 0 Å². The maximum absolute atomic E-state index is 5.18. The molecule has 2 aromatic heterocycles. The van der Waals surface area contributed by atoms with Crippen LogP contribution in [0.3, 0.4) is 0 Å². The van der Waals surface area contributed by atoms with Gasteiger partial charge in [0, 0.05) is 5.56 Å². The maximum atomic E-state index is 5.18. The Morgan fingerprint density at radius 2 is 1.95 bits per heavy atom. The summed E-state index contributed by atoms with van der Waals surface area (Å²) >= 11 is 1.77. The average molecular weight is 299 g/mol. The minimum absolute atomic E-state index is 0.846. The number of imidazole rings is 1. The molecule has 0 saturated carbocycles. The van der Waals surface area contributed by atoms with Crippen molar-refractivity contribution in [3.63, 3.8) is 0 Å². The van der Waals surface area contributed by atoms with E-state index < -0.39 is 0 Å². The smallest absolute Gasteiger partial charge is 0.154 e. The van der Waals surface area contributed by atoms with Gasteiger partial charge in [-0.3, -0.25) is 0 Å². The molecule has 0 fully saturated rings. The number of fused-ring (bicyclic) bond motifs is 1. The number of rotatable bonds is 5. The van der Waals surface area contributed by atoms with Gasteiger partial charge in [-0.05, 0) is 48.6 Å². The molecular weight excluding hydrogens is 282 g/mol. The third kappa shape index (κ3) is 3.03. The Morgan fingerprint density at radius 1 is 1.14 bits per heavy atom. The Balaban J connectivity index is 1.92. The number of hydrogen-bond acceptors (Lipinski definition) is 4. The lowest BCUT2D eigenvalue weighted by molar-refractivity contribution is 0.415. The quantitative estimate of drug-likeness (QED) is 0.670. The zero-order valence-electron chi connectivity index (χ0n) is 12.1. The molecule has 0 unspecified atom stereocenters. The number of thioether (sulfide) groups is 1. The van der Waals surface area contributed by atoms with Gasteiger partial charge >= 0.3 is 0 Å². The fourth-order valence-electron chi connectivity index (χ4n) is 2.05. The van der Waals surface area contributed by atoms with Gasteiger partial charge in [0.2, 0.25) is 0 Å². The van der Waals surface area contributed by atoms with E-state index in [0.29, 0.717) is 0 Å². The van der Waals surface area contributed by atoms with E-state index in [1.54, 1.807) is 18.9 Å². The molecule has 0 spiro atoms. The molecule has 0 aliphatic carbocycles. The normalized spacial score (nSPS) is 11.0. The van der Waals surface area contributed by atoms with Crippen molar-refractivity contribution in [2.75, 3.05) is 12.9 Å². The van der Waals surface area contributed by atoms with Gasteiger partial charge in [-0.2, -0.15) is 5.10 Å². The minimum Gasteiger partial charge on any atom is -0.497 e. The number of ether oxygens (including phenoxy) is 1. The molecule has 0 aliphatic heterocycles. The molecule has 1 aromatic carbocycles. The molecule has 5 heteroatoms. The maximum Gasteiger partial charge on any atom is 0.154 e. The van der Waals surface area contributed by atoms with Crippen LogP contribution in [0.15, 0.2) is 47.6 Å². The molecule has 3 aromatic rings. The minimum atomic E-state index is 0.846. The number of methoxy groups -OCH3 is 1. The van der Waals surface area contributed by atoms with Gasteiger partial charge in [-0.25, -0.2) is 9.50 Å². The van der Waals surface area contributed by atoms with Gasteiger partial charge in [0.25, 0.3) is 0 Å². The summed E-state index contributed by atoms with van der Waals surface area (Å²) in [6.45, 7) is 2.17. The summed E-state index contributed by atoms with van der Waals surface area (Å²) in [7, 11) is 1.67. The predicted molar refractivity (Wildman–Crippen MR) is 86.0 cm³/mol. The van der Waals surface area contributed by atoms with Gasteiger partial charge < -0.3 is 4.74 Å². The van der Waals surface area contributed by atoms with Crippen molar-refractivity contribution in [3.8, 4) is 17.0 Å². The van der Waals surface area contributed by atoms with E-state index in [4.69, 9.17) is 4.74 Å². The second kappa shape index (κ2) is 6.18. The average Bonchev–Trinajstić information content (AvgIpc) is 2.96. The lowest BCUT2D eigenvalue weighted by Gasteiger charge is -1.99. The van der Waals surface area contributed by atoms with Crippen LogP contribution in [0.4, 0.5) is 0 Å². The van der Waals surface area contributed by atoms with Crippen LogP contribution in [0.25, 0.3) is 16.9 Å². The first kappa shape index (κ1) is 13.9. The van der Waals surface area contributed by atoms with Crippen LogP contribution in [-0.2, 0) is 0 Å². The number of benzene rings is 1. The first-order valence-electron chi connectivity index (χ1n) is 6.94. The van der Waals surface area contributed by atoms with E-state index in [1.165, 1.54) is 0 Å². The topological polar surface area (TPSA) is 39.4 Å². The van der Waals surface area contributed by atoms with E-state index in [9.17, 15) is 0 Å². The Morgan fingerprint density at radius 3 is 2.67 bits per heavy atom. The molecule has 2 heterocycles. The summed E-state index contributed by atoms with van der Waals surface area (Å²) in [4.78, 5) is 4.61. The van der Waals surface area contributed by atoms with E-state index in [0.717, 1.165) is 39.9 Å². The molecule has 0 N–H and O–H groups in total. The SMILES string of the molecule is CCCSc1ccc2nc(-c3ccc(OC)cc3)cn2n1. The van der Waals surface area contributed by atoms with E-state index in [-0.39, 0.29) is 0 Å². The lowest BCUT2D eigenvalue weighted by Crippen LogP contribution is -1.91. The van der Waals surface area contributed by atoms with Gasteiger partial charge in [0.05, 0.1) is 19.0 Å². The van der Waals surface area contributed by atoms with Crippen molar-refractivity contribution >= 4 is 17.4 Å². The first-order valence-corrected chi connectivity index (χ1v) is 7.92. The zero-order chi connectivity index (χ0) is 14.7. The highest BCUT2D eigenvalue weighted by molar-refractivity contribution is 7.99. The van der Waals surface area contributed by atoms with Gasteiger partial charge in [-0.1, -0.05) is 6.92 Å². The Kier molecular flexibility index (Phi) is 4.10. The van der Waals surface area contributed by atoms with Crippen molar-refractivity contribution in [3.05, 3.63) is 42.6 Å². The van der Waals surface area contributed by atoms with E-state index >= 15 is 0 Å². The van der Waals surface area contributed by atoms with Crippen LogP contribution in [0.5, 0.6) is 5.75 Å². The summed E-state index contributed by atoms with van der Waals surface area (Å²) in [5, 5.41) is 5.62. The Bertz CT molecular complexity index is 737. The largest absolute Gasteiger partial charge is 0.497 e. The number of hydrogen-bond donors (Lipinski definition) is 0. The second-order valence-electron chi connectivity index (χ2n) is 4.68.